The number of likely N-dealkylation sites (N-methyl/N-ethyl adjacent to an activating group) is 1. The number of nitrogens with one attached hydrogen (secondary N) is 3. The molecule has 0 unspecified atom stereocenters. The summed E-state index contributed by atoms with van der Waals surface area (Å²) in [6.45, 7) is 8.23. The number of carbonyl (C=O) groups excluding carboxylic acids is 2. The number of benzene rings is 3. The summed E-state index contributed by atoms with van der Waals surface area (Å²) in [5.41, 5.74) is 0.778. The van der Waals surface area contributed by atoms with E-state index < -0.39 is 10.0 Å². The van der Waals surface area contributed by atoms with Gasteiger partial charge >= 0.3 is 5.69 Å². The zero-order valence-electron chi connectivity index (χ0n) is 38.5. The predicted molar refractivity (Wildman–Crippen MR) is 252 cm³/mol. The van der Waals surface area contributed by atoms with Crippen LogP contribution in [0.4, 0.5) is 11.5 Å². The fraction of sp³-hybridized carbons (Fsp3) is 0.435. The molecule has 1 aliphatic rings. The largest absolute Gasteiger partial charge is 0.493 e. The maximum absolute atomic E-state index is 13.8. The van der Waals surface area contributed by atoms with Gasteiger partial charge in [-0.1, -0.05) is 13.0 Å². The molecule has 1 saturated heterocycles. The summed E-state index contributed by atoms with van der Waals surface area (Å²) < 4.78 is 62.3. The molecular formula is C46H61N9O10S. The zero-order chi connectivity index (χ0) is 47.2. The Labute approximate surface area is 385 Å². The summed E-state index contributed by atoms with van der Waals surface area (Å²) in [4.78, 5) is 48.8. The Bertz CT molecular complexity index is 2600. The summed E-state index contributed by atoms with van der Waals surface area (Å²) >= 11 is 0. The first-order valence-corrected chi connectivity index (χ1v) is 23.4. The molecule has 356 valence electrons. The van der Waals surface area contributed by atoms with Crippen molar-refractivity contribution in [3.8, 4) is 34.5 Å². The molecule has 6 rings (SSSR count). The average Bonchev–Trinajstić information content (AvgIpc) is 3.52. The summed E-state index contributed by atoms with van der Waals surface area (Å²) in [6, 6.07) is 18.4. The van der Waals surface area contributed by atoms with Crippen LogP contribution >= 0.6 is 0 Å². The van der Waals surface area contributed by atoms with Gasteiger partial charge in [0, 0.05) is 89.9 Å². The topological polar surface area (TPSA) is 200 Å². The second-order valence-corrected chi connectivity index (χ2v) is 17.6. The van der Waals surface area contributed by atoms with E-state index in [1.54, 1.807) is 50.6 Å². The first kappa shape index (κ1) is 48.9. The van der Waals surface area contributed by atoms with E-state index in [0.29, 0.717) is 66.8 Å². The van der Waals surface area contributed by atoms with Crippen molar-refractivity contribution in [1.82, 2.24) is 34.6 Å². The maximum Gasteiger partial charge on any atom is 0.328 e. The van der Waals surface area contributed by atoms with Gasteiger partial charge in [-0.25, -0.2) is 18.2 Å². The van der Waals surface area contributed by atoms with Crippen molar-refractivity contribution in [3.63, 3.8) is 0 Å². The second-order valence-electron chi connectivity index (χ2n) is 15.9. The average molecular weight is 932 g/mol. The van der Waals surface area contributed by atoms with Crippen LogP contribution in [-0.4, -0.2) is 138 Å². The van der Waals surface area contributed by atoms with Gasteiger partial charge in [-0.05, 0) is 63.2 Å². The molecule has 0 spiro atoms. The molecule has 1 fully saturated rings. The van der Waals surface area contributed by atoms with E-state index in [2.05, 4.69) is 30.1 Å². The van der Waals surface area contributed by atoms with E-state index >= 15 is 0 Å². The van der Waals surface area contributed by atoms with E-state index in [0.717, 1.165) is 51.4 Å². The van der Waals surface area contributed by atoms with Crippen LogP contribution in [0.1, 0.15) is 26.2 Å². The Morgan fingerprint density at radius 2 is 1.48 bits per heavy atom. The summed E-state index contributed by atoms with van der Waals surface area (Å²) in [5.74, 6) is 2.49. The van der Waals surface area contributed by atoms with Crippen LogP contribution in [0.5, 0.6) is 34.5 Å². The molecule has 2 aromatic heterocycles. The van der Waals surface area contributed by atoms with Crippen molar-refractivity contribution < 1.29 is 41.7 Å². The summed E-state index contributed by atoms with van der Waals surface area (Å²) in [5, 5.41) is 5.61. The number of fused-ring (bicyclic) bond motifs is 1. The van der Waals surface area contributed by atoms with Crippen LogP contribution in [0, 0.1) is 0 Å². The van der Waals surface area contributed by atoms with E-state index in [1.165, 1.54) is 41.6 Å². The van der Waals surface area contributed by atoms with Crippen LogP contribution in [0.2, 0.25) is 0 Å². The Kier molecular flexibility index (Phi) is 17.1. The first-order chi connectivity index (χ1) is 31.8. The molecular weight excluding hydrogens is 871 g/mol. The van der Waals surface area contributed by atoms with E-state index in [1.807, 2.05) is 37.1 Å². The van der Waals surface area contributed by atoms with Gasteiger partial charge in [-0.3, -0.25) is 33.2 Å². The van der Waals surface area contributed by atoms with Crippen molar-refractivity contribution >= 4 is 44.4 Å². The van der Waals surface area contributed by atoms with Crippen LogP contribution < -0.4 is 49.6 Å². The lowest BCUT2D eigenvalue weighted by Gasteiger charge is -2.35. The molecule has 0 atom stereocenters. The smallest absolute Gasteiger partial charge is 0.328 e. The lowest BCUT2D eigenvalue weighted by molar-refractivity contribution is -0.126. The normalized spacial score (nSPS) is 13.1. The lowest BCUT2D eigenvalue weighted by Crippen LogP contribution is -2.49. The lowest BCUT2D eigenvalue weighted by atomic mass is 10.2. The fourth-order valence-electron chi connectivity index (χ4n) is 7.39. The number of sulfonamides is 1. The van der Waals surface area contributed by atoms with Crippen molar-refractivity contribution in [2.45, 2.75) is 31.1 Å². The number of methoxy groups -OCH3 is 2. The Hall–Kier alpha value is -6.51. The van der Waals surface area contributed by atoms with Gasteiger partial charge in [0.2, 0.25) is 11.8 Å². The quantitative estimate of drug-likeness (QED) is 0.0755. The van der Waals surface area contributed by atoms with Crippen LogP contribution in [0.3, 0.4) is 0 Å². The number of piperazine rings is 1. The monoisotopic (exact) mass is 931 g/mol. The van der Waals surface area contributed by atoms with E-state index in [4.69, 9.17) is 23.7 Å². The number of aryl methyl sites for hydroxylation is 2. The number of carbonyl (C=O) groups is 2. The van der Waals surface area contributed by atoms with Crippen molar-refractivity contribution in [2.75, 3.05) is 103 Å². The van der Waals surface area contributed by atoms with Gasteiger partial charge in [0.25, 0.3) is 10.0 Å². The first-order valence-electron chi connectivity index (χ1n) is 21.9. The molecule has 5 aromatic rings. The molecule has 20 heteroatoms. The van der Waals surface area contributed by atoms with Gasteiger partial charge in [0.05, 0.1) is 62.1 Å². The number of hydrogen-bond donors (Lipinski definition) is 3. The third kappa shape index (κ3) is 13.1. The number of unbranched alkanes of at least 4 members (excludes halogenated alkanes) is 1. The molecule has 0 bridgehead atoms. The van der Waals surface area contributed by atoms with Gasteiger partial charge in [-0.2, -0.15) is 0 Å². The molecule has 0 radical (unpaired) electrons. The number of amides is 2. The molecule has 19 nitrogen and oxygen atoms in total. The van der Waals surface area contributed by atoms with Crippen molar-refractivity contribution in [3.05, 3.63) is 83.4 Å². The summed E-state index contributed by atoms with van der Waals surface area (Å²) in [7, 11) is 3.74. The molecule has 3 heterocycles. The minimum Gasteiger partial charge on any atom is -0.493 e. The van der Waals surface area contributed by atoms with E-state index in [9.17, 15) is 22.8 Å². The maximum atomic E-state index is 13.8. The highest BCUT2D eigenvalue weighted by atomic mass is 32.2. The second kappa shape index (κ2) is 23.1. The Balaban J connectivity index is 0.994. The highest BCUT2D eigenvalue weighted by molar-refractivity contribution is 7.92. The zero-order valence-corrected chi connectivity index (χ0v) is 39.3. The number of imidazole rings is 1. The molecule has 1 aliphatic heterocycles. The van der Waals surface area contributed by atoms with Gasteiger partial charge < -0.3 is 39.2 Å². The Morgan fingerprint density at radius 1 is 0.788 bits per heavy atom. The van der Waals surface area contributed by atoms with Crippen LogP contribution in [0.15, 0.2) is 82.6 Å². The van der Waals surface area contributed by atoms with Crippen LogP contribution in [-0.2, 0) is 33.7 Å². The summed E-state index contributed by atoms with van der Waals surface area (Å²) in [6.07, 6.45) is 3.96. The minimum atomic E-state index is -4.20. The molecule has 2 amide bonds. The molecule has 0 saturated carbocycles. The van der Waals surface area contributed by atoms with E-state index in [-0.39, 0.29) is 52.7 Å². The fourth-order valence-corrected chi connectivity index (χ4v) is 8.46. The number of anilines is 2. The third-order valence-electron chi connectivity index (χ3n) is 11.0. The highest BCUT2D eigenvalue weighted by Crippen LogP contribution is 2.38. The van der Waals surface area contributed by atoms with Crippen molar-refractivity contribution in [1.29, 1.82) is 0 Å². The molecule has 0 aliphatic carbocycles. The molecule has 3 N–H and O–H groups in total. The third-order valence-corrected chi connectivity index (χ3v) is 12.4. The SMILES string of the molecule is CCCOc1cc(OCCCCN(C)CC(=O)NCC(=O)NCCN2CCN(c3ccccn3)CC2)cc(Oc2cc3c(cc2NS(=O)(=O)c2ccc(OC)c(OC)c2)n(C)c(=O)n3C)c1. The van der Waals surface area contributed by atoms with Gasteiger partial charge in [0.15, 0.2) is 17.2 Å². The number of nitrogens with zero attached hydrogens (tertiary/aromatic N) is 6. The number of ether oxygens (including phenoxy) is 5. The van der Waals surface area contributed by atoms with Gasteiger partial charge in [-0.15, -0.1) is 0 Å². The number of rotatable bonds is 24. The number of hydrogen-bond acceptors (Lipinski definition) is 14. The standard InChI is InChI=1S/C46H61N9O10S/c1-7-23-63-33-25-34(64-24-11-10-17-51(2)32-45(57)49-31-44(56)48-16-18-54-19-21-55(22-20-54)43-12-8-9-15-47-43)27-35(26-33)65-41-30-39-38(52(3)46(58)53(39)4)29-37(41)50-66(59,60)36-13-14-40(61-5)42(28-36)62-6/h8-9,12-15,25-30,50H,7,10-11,16-24,31-32H2,1-6H3,(H,48,56)(H,49,57). The number of aromatic nitrogens is 3. The predicted octanol–water partition coefficient (Wildman–Crippen LogP) is 3.82. The Morgan fingerprint density at radius 3 is 2.17 bits per heavy atom. The molecule has 3 aromatic carbocycles. The van der Waals surface area contributed by atoms with Gasteiger partial charge in [0.1, 0.15) is 23.1 Å². The van der Waals surface area contributed by atoms with Crippen molar-refractivity contribution in [2.24, 2.45) is 14.1 Å². The minimum absolute atomic E-state index is 0.0811. The number of pyridine rings is 1. The van der Waals surface area contributed by atoms with Crippen LogP contribution in [0.25, 0.3) is 11.0 Å². The highest BCUT2D eigenvalue weighted by Gasteiger charge is 2.23. The molecule has 66 heavy (non-hydrogen) atoms.